The molecule has 0 aliphatic carbocycles. The predicted molar refractivity (Wildman–Crippen MR) is 52.1 cm³/mol. The molecule has 0 aromatic carbocycles. The van der Waals surface area contributed by atoms with E-state index < -0.39 is 0 Å². The Bertz CT molecular complexity index is 170. The van der Waals surface area contributed by atoms with Crippen molar-refractivity contribution in [2.75, 3.05) is 12.3 Å². The highest BCUT2D eigenvalue weighted by Crippen LogP contribution is 2.14. The molecule has 0 aromatic heterocycles. The monoisotopic (exact) mass is 188 g/mol. The van der Waals surface area contributed by atoms with Crippen LogP contribution in [0.1, 0.15) is 20.8 Å². The van der Waals surface area contributed by atoms with Crippen LogP contribution < -0.4 is 10.6 Å². The molecule has 1 aliphatic rings. The molecule has 0 aromatic rings. The quantitative estimate of drug-likeness (QED) is 0.632. The van der Waals surface area contributed by atoms with Gasteiger partial charge in [-0.25, -0.2) is 0 Å². The summed E-state index contributed by atoms with van der Waals surface area (Å²) in [4.78, 5) is 11.5. The third kappa shape index (κ3) is 3.03. The summed E-state index contributed by atoms with van der Waals surface area (Å²) in [5.74, 6) is 1.13. The van der Waals surface area contributed by atoms with Crippen molar-refractivity contribution in [2.24, 2.45) is 0 Å². The van der Waals surface area contributed by atoms with E-state index in [1.54, 1.807) is 11.8 Å². The van der Waals surface area contributed by atoms with E-state index in [0.29, 0.717) is 0 Å². The van der Waals surface area contributed by atoms with Crippen LogP contribution in [0.15, 0.2) is 0 Å². The highest BCUT2D eigenvalue weighted by molar-refractivity contribution is 8.00. The number of amides is 1. The van der Waals surface area contributed by atoms with Gasteiger partial charge in [0, 0.05) is 17.8 Å². The Morgan fingerprint density at radius 2 is 2.25 bits per heavy atom. The first kappa shape index (κ1) is 9.86. The molecule has 1 atom stereocenters. The molecule has 70 valence electrons. The fraction of sp³-hybridized carbons (Fsp3) is 0.875. The van der Waals surface area contributed by atoms with Crippen LogP contribution in [0.3, 0.4) is 0 Å². The molecule has 1 aliphatic heterocycles. The summed E-state index contributed by atoms with van der Waals surface area (Å²) in [5, 5.41) is 6.03. The summed E-state index contributed by atoms with van der Waals surface area (Å²) in [6.07, 6.45) is 0. The largest absolute Gasteiger partial charge is 0.349 e. The summed E-state index contributed by atoms with van der Waals surface area (Å²) in [6, 6.07) is 0. The third-order valence-electron chi connectivity index (χ3n) is 1.45. The highest BCUT2D eigenvalue weighted by Gasteiger charge is 2.25. The normalized spacial score (nSPS) is 24.1. The van der Waals surface area contributed by atoms with Crippen LogP contribution in [-0.4, -0.2) is 29.1 Å². The minimum absolute atomic E-state index is 0.0378. The van der Waals surface area contributed by atoms with E-state index in [-0.39, 0.29) is 16.8 Å². The molecule has 2 N–H and O–H groups in total. The molecule has 1 rings (SSSR count). The van der Waals surface area contributed by atoms with Gasteiger partial charge in [0.2, 0.25) is 5.91 Å². The molecule has 3 nitrogen and oxygen atoms in total. The predicted octanol–water partition coefficient (Wildman–Crippen LogP) is 0.564. The van der Waals surface area contributed by atoms with Gasteiger partial charge in [-0.1, -0.05) is 0 Å². The smallest absolute Gasteiger partial charge is 0.247 e. The van der Waals surface area contributed by atoms with E-state index in [4.69, 9.17) is 0 Å². The van der Waals surface area contributed by atoms with Gasteiger partial charge < -0.3 is 5.32 Å². The Hall–Kier alpha value is -0.220. The van der Waals surface area contributed by atoms with Crippen LogP contribution in [0.25, 0.3) is 0 Å². The maximum atomic E-state index is 11.5. The lowest BCUT2D eigenvalue weighted by atomic mass is 10.1. The first-order valence-corrected chi connectivity index (χ1v) is 5.21. The van der Waals surface area contributed by atoms with E-state index >= 15 is 0 Å². The second-order valence-corrected chi connectivity index (χ2v) is 5.16. The highest BCUT2D eigenvalue weighted by atomic mass is 32.2. The molecule has 1 fully saturated rings. The molecule has 0 spiro atoms. The summed E-state index contributed by atoms with van der Waals surface area (Å²) in [7, 11) is 0. The van der Waals surface area contributed by atoms with Crippen molar-refractivity contribution >= 4 is 17.7 Å². The van der Waals surface area contributed by atoms with Crippen molar-refractivity contribution in [3.05, 3.63) is 0 Å². The van der Waals surface area contributed by atoms with Crippen molar-refractivity contribution in [3.8, 4) is 0 Å². The maximum Gasteiger partial charge on any atom is 0.247 e. The van der Waals surface area contributed by atoms with Crippen molar-refractivity contribution in [1.82, 2.24) is 10.6 Å². The molecule has 1 heterocycles. The van der Waals surface area contributed by atoms with Crippen molar-refractivity contribution < 1.29 is 4.79 Å². The van der Waals surface area contributed by atoms with E-state index in [1.807, 2.05) is 20.8 Å². The Labute approximate surface area is 77.7 Å². The summed E-state index contributed by atoms with van der Waals surface area (Å²) in [5.41, 5.74) is -0.123. The van der Waals surface area contributed by atoms with Gasteiger partial charge in [-0.3, -0.25) is 10.1 Å². The maximum absolute atomic E-state index is 11.5. The molecule has 12 heavy (non-hydrogen) atoms. The van der Waals surface area contributed by atoms with Crippen LogP contribution in [0.2, 0.25) is 0 Å². The van der Waals surface area contributed by atoms with Gasteiger partial charge in [0.05, 0.1) is 0 Å². The fourth-order valence-electron chi connectivity index (χ4n) is 1.03. The first-order chi connectivity index (χ1) is 5.49. The number of rotatable bonds is 1. The molecule has 4 heteroatoms. The summed E-state index contributed by atoms with van der Waals surface area (Å²) in [6.45, 7) is 6.91. The van der Waals surface area contributed by atoms with Crippen LogP contribution in [0.5, 0.6) is 0 Å². The number of nitrogens with one attached hydrogen (secondary N) is 2. The number of carbonyl (C=O) groups excluding carboxylic acids is 1. The summed E-state index contributed by atoms with van der Waals surface area (Å²) >= 11 is 1.67. The number of thioether (sulfide) groups is 1. The van der Waals surface area contributed by atoms with Gasteiger partial charge in [0.15, 0.2) is 0 Å². The Kier molecular flexibility index (Phi) is 3.01. The molecule has 0 unspecified atom stereocenters. The third-order valence-corrected chi connectivity index (χ3v) is 2.61. The fourth-order valence-corrected chi connectivity index (χ4v) is 1.95. The van der Waals surface area contributed by atoms with Crippen molar-refractivity contribution in [2.45, 2.75) is 31.7 Å². The number of hydrogen-bond acceptors (Lipinski definition) is 3. The van der Waals surface area contributed by atoms with E-state index in [1.165, 1.54) is 0 Å². The van der Waals surface area contributed by atoms with E-state index in [2.05, 4.69) is 10.6 Å². The zero-order valence-corrected chi connectivity index (χ0v) is 8.62. The van der Waals surface area contributed by atoms with Gasteiger partial charge in [-0.05, 0) is 20.8 Å². The van der Waals surface area contributed by atoms with E-state index in [0.717, 1.165) is 12.3 Å². The Balaban J connectivity index is 2.37. The summed E-state index contributed by atoms with van der Waals surface area (Å²) < 4.78 is 0. The second-order valence-electron chi connectivity index (χ2n) is 3.94. The van der Waals surface area contributed by atoms with Gasteiger partial charge in [-0.15, -0.1) is 11.8 Å². The SMILES string of the molecule is CC(C)(C)NC(=O)[C@H]1NCCS1. The molecule has 0 bridgehead atoms. The molecule has 1 amide bonds. The van der Waals surface area contributed by atoms with Crippen LogP contribution in [0.4, 0.5) is 0 Å². The lowest BCUT2D eigenvalue weighted by molar-refractivity contribution is -0.122. The van der Waals surface area contributed by atoms with Crippen LogP contribution in [0, 0.1) is 0 Å². The Morgan fingerprint density at radius 3 is 2.67 bits per heavy atom. The van der Waals surface area contributed by atoms with Gasteiger partial charge in [0.1, 0.15) is 5.37 Å². The van der Waals surface area contributed by atoms with Crippen LogP contribution >= 0.6 is 11.8 Å². The van der Waals surface area contributed by atoms with Crippen LogP contribution in [-0.2, 0) is 4.79 Å². The molecular weight excluding hydrogens is 172 g/mol. The minimum atomic E-state index is -0.123. The second kappa shape index (κ2) is 3.66. The van der Waals surface area contributed by atoms with Crippen molar-refractivity contribution in [3.63, 3.8) is 0 Å². The number of hydrogen-bond donors (Lipinski definition) is 2. The average molecular weight is 188 g/mol. The zero-order chi connectivity index (χ0) is 9.19. The lowest BCUT2D eigenvalue weighted by Crippen LogP contribution is -2.47. The van der Waals surface area contributed by atoms with Crippen molar-refractivity contribution in [1.29, 1.82) is 0 Å². The lowest BCUT2D eigenvalue weighted by Gasteiger charge is -2.22. The van der Waals surface area contributed by atoms with Gasteiger partial charge >= 0.3 is 0 Å². The molecule has 0 radical (unpaired) electrons. The molecular formula is C8H16N2OS. The van der Waals surface area contributed by atoms with E-state index in [9.17, 15) is 4.79 Å². The van der Waals surface area contributed by atoms with Gasteiger partial charge in [0.25, 0.3) is 0 Å². The standard InChI is InChI=1S/C8H16N2OS/c1-8(2,3)10-6(11)7-9-4-5-12-7/h7,9H,4-5H2,1-3H3,(H,10,11)/t7-/m0/s1. The Morgan fingerprint density at radius 1 is 1.58 bits per heavy atom. The van der Waals surface area contributed by atoms with Gasteiger partial charge in [-0.2, -0.15) is 0 Å². The first-order valence-electron chi connectivity index (χ1n) is 4.16. The molecule has 1 saturated heterocycles. The zero-order valence-electron chi connectivity index (χ0n) is 7.81. The number of carbonyl (C=O) groups is 1. The topological polar surface area (TPSA) is 41.1 Å². The molecule has 0 saturated carbocycles. The average Bonchev–Trinajstić information content (AvgIpc) is 2.32. The minimum Gasteiger partial charge on any atom is -0.349 e.